The second kappa shape index (κ2) is 6.55. The van der Waals surface area contributed by atoms with Gasteiger partial charge >= 0.3 is 0 Å². The maximum atomic E-state index is 12.4. The summed E-state index contributed by atoms with van der Waals surface area (Å²) in [5, 5.41) is 4.38. The van der Waals surface area contributed by atoms with Crippen molar-refractivity contribution < 1.29 is 4.79 Å². The van der Waals surface area contributed by atoms with Crippen LogP contribution in [-0.2, 0) is 11.3 Å². The molecule has 0 spiro atoms. The third kappa shape index (κ3) is 4.35. The van der Waals surface area contributed by atoms with Crippen molar-refractivity contribution in [1.29, 1.82) is 0 Å². The van der Waals surface area contributed by atoms with Crippen LogP contribution in [0.5, 0.6) is 0 Å². The van der Waals surface area contributed by atoms with Crippen molar-refractivity contribution in [3.05, 3.63) is 33.8 Å². The zero-order valence-electron chi connectivity index (χ0n) is 11.9. The highest BCUT2D eigenvalue weighted by Gasteiger charge is 2.32. The summed E-state index contributed by atoms with van der Waals surface area (Å²) >= 11 is 12.0. The van der Waals surface area contributed by atoms with Gasteiger partial charge < -0.3 is 10.2 Å². The summed E-state index contributed by atoms with van der Waals surface area (Å²) < 4.78 is 0. The summed E-state index contributed by atoms with van der Waals surface area (Å²) in [4.78, 5) is 14.4. The molecule has 1 N–H and O–H groups in total. The van der Waals surface area contributed by atoms with Gasteiger partial charge in [0, 0.05) is 12.6 Å². The Bertz CT molecular complexity index is 527. The quantitative estimate of drug-likeness (QED) is 0.831. The summed E-state index contributed by atoms with van der Waals surface area (Å²) in [7, 11) is 0. The van der Waals surface area contributed by atoms with Crippen molar-refractivity contribution in [3.8, 4) is 0 Å². The summed E-state index contributed by atoms with van der Waals surface area (Å²) in [6.07, 6.45) is 4.82. The maximum absolute atomic E-state index is 12.4. The summed E-state index contributed by atoms with van der Waals surface area (Å²) in [5.74, 6) is 0.978. The van der Waals surface area contributed by atoms with Gasteiger partial charge in [0.1, 0.15) is 0 Å². The zero-order valence-corrected chi connectivity index (χ0v) is 13.5. The number of nitrogens with one attached hydrogen (secondary N) is 1. The fourth-order valence-electron chi connectivity index (χ4n) is 2.45. The molecule has 0 saturated heterocycles. The lowest BCUT2D eigenvalue weighted by Crippen LogP contribution is -2.39. The number of hydrogen-bond donors (Lipinski definition) is 1. The number of carbonyl (C=O) groups is 1. The van der Waals surface area contributed by atoms with E-state index in [4.69, 9.17) is 23.2 Å². The highest BCUT2D eigenvalue weighted by molar-refractivity contribution is 6.42. The van der Waals surface area contributed by atoms with Crippen LogP contribution in [0.4, 0.5) is 0 Å². The molecular formula is C16H20Cl2N2O. The van der Waals surface area contributed by atoms with E-state index in [0.717, 1.165) is 30.9 Å². The van der Waals surface area contributed by atoms with Gasteiger partial charge in [-0.05, 0) is 55.8 Å². The highest BCUT2D eigenvalue weighted by Crippen LogP contribution is 2.30. The molecule has 3 nitrogen and oxygen atoms in total. The van der Waals surface area contributed by atoms with E-state index in [2.05, 4.69) is 5.32 Å². The SMILES string of the molecule is O=C(CNCC1CC1)N(Cc1ccc(Cl)c(Cl)c1)C1CC1. The van der Waals surface area contributed by atoms with Gasteiger partial charge in [-0.3, -0.25) is 4.79 Å². The van der Waals surface area contributed by atoms with E-state index < -0.39 is 0 Å². The molecule has 0 aliphatic heterocycles. The van der Waals surface area contributed by atoms with Crippen LogP contribution >= 0.6 is 23.2 Å². The second-order valence-electron chi connectivity index (χ2n) is 6.08. The van der Waals surface area contributed by atoms with Gasteiger partial charge in [-0.15, -0.1) is 0 Å². The molecule has 2 fully saturated rings. The fourth-order valence-corrected chi connectivity index (χ4v) is 2.77. The molecule has 2 saturated carbocycles. The first-order chi connectivity index (χ1) is 10.1. The minimum atomic E-state index is 0.184. The van der Waals surface area contributed by atoms with Gasteiger partial charge in [0.15, 0.2) is 0 Å². The summed E-state index contributed by atoms with van der Waals surface area (Å²) in [5.41, 5.74) is 1.03. The Labute approximate surface area is 135 Å². The molecule has 114 valence electrons. The normalized spacial score (nSPS) is 17.8. The first kappa shape index (κ1) is 15.1. The number of rotatable bonds is 7. The third-order valence-corrected chi connectivity index (χ3v) is 4.79. The number of nitrogens with zero attached hydrogens (tertiary/aromatic N) is 1. The highest BCUT2D eigenvalue weighted by atomic mass is 35.5. The van der Waals surface area contributed by atoms with Crippen LogP contribution in [0.1, 0.15) is 31.2 Å². The van der Waals surface area contributed by atoms with E-state index in [1.807, 2.05) is 17.0 Å². The molecule has 5 heteroatoms. The summed E-state index contributed by atoms with van der Waals surface area (Å²) in [6, 6.07) is 5.98. The Morgan fingerprint density at radius 1 is 1.19 bits per heavy atom. The molecular weight excluding hydrogens is 307 g/mol. The topological polar surface area (TPSA) is 32.3 Å². The van der Waals surface area contributed by atoms with Crippen LogP contribution in [0.15, 0.2) is 18.2 Å². The van der Waals surface area contributed by atoms with Crippen molar-refractivity contribution in [2.45, 2.75) is 38.3 Å². The average Bonchev–Trinajstić information content (AvgIpc) is 3.33. The number of carbonyl (C=O) groups excluding carboxylic acids is 1. The van der Waals surface area contributed by atoms with Crippen LogP contribution in [0.25, 0.3) is 0 Å². The van der Waals surface area contributed by atoms with Crippen molar-refractivity contribution in [1.82, 2.24) is 10.2 Å². The molecule has 0 aromatic heterocycles. The predicted octanol–water partition coefficient (Wildman–Crippen LogP) is 3.48. The predicted molar refractivity (Wildman–Crippen MR) is 85.6 cm³/mol. The van der Waals surface area contributed by atoms with E-state index in [9.17, 15) is 4.79 Å². The van der Waals surface area contributed by atoms with Crippen molar-refractivity contribution in [3.63, 3.8) is 0 Å². The first-order valence-electron chi connectivity index (χ1n) is 7.57. The number of hydrogen-bond acceptors (Lipinski definition) is 2. The molecule has 0 heterocycles. The molecule has 3 rings (SSSR count). The first-order valence-corrected chi connectivity index (χ1v) is 8.33. The van der Waals surface area contributed by atoms with E-state index in [0.29, 0.717) is 29.2 Å². The monoisotopic (exact) mass is 326 g/mol. The van der Waals surface area contributed by atoms with Crippen molar-refractivity contribution >= 4 is 29.1 Å². The Morgan fingerprint density at radius 2 is 1.95 bits per heavy atom. The van der Waals surface area contributed by atoms with Crippen LogP contribution in [0, 0.1) is 5.92 Å². The fraction of sp³-hybridized carbons (Fsp3) is 0.562. The van der Waals surface area contributed by atoms with Crippen molar-refractivity contribution in [2.24, 2.45) is 5.92 Å². The lowest BCUT2D eigenvalue weighted by Gasteiger charge is -2.23. The maximum Gasteiger partial charge on any atom is 0.237 e. The number of amides is 1. The smallest absolute Gasteiger partial charge is 0.237 e. The molecule has 1 aromatic carbocycles. The lowest BCUT2D eigenvalue weighted by atomic mass is 10.2. The minimum Gasteiger partial charge on any atom is -0.334 e. The van der Waals surface area contributed by atoms with Crippen molar-refractivity contribution in [2.75, 3.05) is 13.1 Å². The van der Waals surface area contributed by atoms with Crippen LogP contribution in [-0.4, -0.2) is 29.9 Å². The van der Waals surface area contributed by atoms with Crippen LogP contribution in [0.3, 0.4) is 0 Å². The Morgan fingerprint density at radius 3 is 2.57 bits per heavy atom. The van der Waals surface area contributed by atoms with Gasteiger partial charge in [0.05, 0.1) is 16.6 Å². The molecule has 21 heavy (non-hydrogen) atoms. The lowest BCUT2D eigenvalue weighted by molar-refractivity contribution is -0.131. The Balaban J connectivity index is 1.57. The summed E-state index contributed by atoms with van der Waals surface area (Å²) in [6.45, 7) is 2.02. The molecule has 2 aliphatic carbocycles. The molecule has 1 amide bonds. The van der Waals surface area contributed by atoms with Gasteiger partial charge in [0.2, 0.25) is 5.91 Å². The van der Waals surface area contributed by atoms with Crippen LogP contribution < -0.4 is 5.32 Å². The molecule has 1 aromatic rings. The molecule has 0 unspecified atom stereocenters. The molecule has 0 radical (unpaired) electrons. The van der Waals surface area contributed by atoms with Gasteiger partial charge in [-0.1, -0.05) is 29.3 Å². The Kier molecular flexibility index (Phi) is 4.72. The number of halogens is 2. The minimum absolute atomic E-state index is 0.184. The van der Waals surface area contributed by atoms with Gasteiger partial charge in [-0.25, -0.2) is 0 Å². The zero-order chi connectivity index (χ0) is 14.8. The van der Waals surface area contributed by atoms with Gasteiger partial charge in [0.25, 0.3) is 0 Å². The third-order valence-electron chi connectivity index (χ3n) is 4.05. The largest absolute Gasteiger partial charge is 0.334 e. The van der Waals surface area contributed by atoms with Crippen LogP contribution in [0.2, 0.25) is 10.0 Å². The van der Waals surface area contributed by atoms with E-state index in [-0.39, 0.29) is 5.91 Å². The standard InChI is InChI=1S/C16H20Cl2N2O/c17-14-6-3-12(7-15(14)18)10-20(13-4-5-13)16(21)9-19-8-11-1-2-11/h3,6-7,11,13,19H,1-2,4-5,8-10H2. The van der Waals surface area contributed by atoms with E-state index in [1.165, 1.54) is 12.8 Å². The second-order valence-corrected chi connectivity index (χ2v) is 6.89. The molecule has 0 atom stereocenters. The molecule has 0 bridgehead atoms. The average molecular weight is 327 g/mol. The Hall–Kier alpha value is -0.770. The van der Waals surface area contributed by atoms with Gasteiger partial charge in [-0.2, -0.15) is 0 Å². The molecule has 2 aliphatic rings. The van der Waals surface area contributed by atoms with E-state index in [1.54, 1.807) is 6.07 Å². The van der Waals surface area contributed by atoms with E-state index >= 15 is 0 Å². The number of benzene rings is 1.